The molecule has 0 spiro atoms. The minimum Gasteiger partial charge on any atom is -0.382 e. The zero-order chi connectivity index (χ0) is 28.1. The number of hydrogen-bond acceptors (Lipinski definition) is 7. The number of amides is 1. The van der Waals surface area contributed by atoms with Gasteiger partial charge in [-0.25, -0.2) is 4.98 Å². The summed E-state index contributed by atoms with van der Waals surface area (Å²) >= 11 is 0. The molecule has 0 unspecified atom stereocenters. The predicted octanol–water partition coefficient (Wildman–Crippen LogP) is 5.10. The van der Waals surface area contributed by atoms with Crippen molar-refractivity contribution in [2.24, 2.45) is 4.99 Å². The zero-order valence-electron chi connectivity index (χ0n) is 23.0. The van der Waals surface area contributed by atoms with E-state index in [4.69, 9.17) is 19.5 Å². The number of aromatic nitrogens is 3. The summed E-state index contributed by atoms with van der Waals surface area (Å²) in [5.41, 5.74) is 7.70. The van der Waals surface area contributed by atoms with Crippen molar-refractivity contribution in [2.45, 2.75) is 19.9 Å². The summed E-state index contributed by atoms with van der Waals surface area (Å²) in [5, 5.41) is 7.11. The summed E-state index contributed by atoms with van der Waals surface area (Å²) in [6, 6.07) is 23.5. The van der Waals surface area contributed by atoms with Crippen molar-refractivity contribution in [3.63, 3.8) is 0 Å². The number of carbonyl (C=O) groups is 1. The number of carbonyl (C=O) groups excluding carboxylic acids is 1. The Morgan fingerprint density at radius 1 is 0.975 bits per heavy atom. The third-order valence-corrected chi connectivity index (χ3v) is 6.46. The maximum atomic E-state index is 11.6. The SMILES string of the molecule is COCC(COC)/N=c1\cc2n(-c3ccc(NC(C)=O)cc3)c3ccccc3nc-2cc1Nc1cccnc1C. The van der Waals surface area contributed by atoms with Gasteiger partial charge in [0.05, 0.1) is 64.1 Å². The van der Waals surface area contributed by atoms with Crippen LogP contribution >= 0.6 is 0 Å². The van der Waals surface area contributed by atoms with Crippen molar-refractivity contribution in [2.75, 3.05) is 38.1 Å². The Morgan fingerprint density at radius 2 is 1.73 bits per heavy atom. The van der Waals surface area contributed by atoms with Gasteiger partial charge in [0, 0.05) is 38.7 Å². The average molecular weight is 537 g/mol. The lowest BCUT2D eigenvalue weighted by Crippen LogP contribution is -2.24. The number of nitrogens with zero attached hydrogens (tertiary/aromatic N) is 4. The number of rotatable bonds is 9. The molecular weight excluding hydrogens is 504 g/mol. The Bertz CT molecular complexity index is 1670. The van der Waals surface area contributed by atoms with E-state index in [1.165, 1.54) is 6.92 Å². The van der Waals surface area contributed by atoms with Gasteiger partial charge in [0.1, 0.15) is 0 Å². The van der Waals surface area contributed by atoms with Crippen LogP contribution in [0, 0.1) is 6.92 Å². The number of anilines is 3. The zero-order valence-corrected chi connectivity index (χ0v) is 23.0. The lowest BCUT2D eigenvalue weighted by atomic mass is 10.1. The molecule has 2 N–H and O–H groups in total. The van der Waals surface area contributed by atoms with Gasteiger partial charge in [-0.3, -0.25) is 14.8 Å². The smallest absolute Gasteiger partial charge is 0.221 e. The molecule has 0 bridgehead atoms. The molecule has 1 aliphatic heterocycles. The van der Waals surface area contributed by atoms with Crippen molar-refractivity contribution in [1.29, 1.82) is 0 Å². The molecule has 2 heterocycles. The summed E-state index contributed by atoms with van der Waals surface area (Å²) in [5.74, 6) is -0.114. The minimum atomic E-state index is -0.207. The van der Waals surface area contributed by atoms with E-state index in [-0.39, 0.29) is 11.9 Å². The van der Waals surface area contributed by atoms with Gasteiger partial charge in [0.15, 0.2) is 0 Å². The molecule has 5 rings (SSSR count). The first-order chi connectivity index (χ1) is 19.5. The quantitative estimate of drug-likeness (QED) is 0.254. The van der Waals surface area contributed by atoms with E-state index in [1.807, 2.05) is 79.7 Å². The topological polar surface area (TPSA) is 103 Å². The number of fused-ring (bicyclic) bond motifs is 2. The molecule has 3 aromatic rings. The average Bonchev–Trinajstić information content (AvgIpc) is 2.94. The number of para-hydroxylation sites is 2. The molecule has 2 aromatic carbocycles. The molecule has 9 nitrogen and oxygen atoms in total. The van der Waals surface area contributed by atoms with Gasteiger partial charge < -0.3 is 24.7 Å². The lowest BCUT2D eigenvalue weighted by Gasteiger charge is -2.21. The summed E-state index contributed by atoms with van der Waals surface area (Å²) < 4.78 is 13.0. The maximum Gasteiger partial charge on any atom is 0.221 e. The maximum absolute atomic E-state index is 11.6. The van der Waals surface area contributed by atoms with E-state index < -0.39 is 0 Å². The first-order valence-electron chi connectivity index (χ1n) is 13.0. The number of nitrogens with one attached hydrogen (secondary N) is 2. The highest BCUT2D eigenvalue weighted by Gasteiger charge is 2.18. The standard InChI is InChI=1S/C31H32N6O3/c1-20-25(9-7-15-32-20)35-27-16-29-31(17-28(27)34-23(18-39-3)19-40-4)37(30-10-6-5-8-26(30)36-29)24-13-11-22(12-14-24)33-21(2)38/h5-17,23,35H,18-19H2,1-4H3,(H,33,38)/b34-28+. The van der Waals surface area contributed by atoms with E-state index in [0.717, 1.165) is 56.2 Å². The number of ether oxygens (including phenoxy) is 2. The van der Waals surface area contributed by atoms with Gasteiger partial charge in [-0.1, -0.05) is 12.1 Å². The first kappa shape index (κ1) is 27.0. The Balaban J connectivity index is 1.77. The van der Waals surface area contributed by atoms with Crippen molar-refractivity contribution in [1.82, 2.24) is 14.5 Å². The van der Waals surface area contributed by atoms with Crippen LogP contribution in [0.25, 0.3) is 28.1 Å². The van der Waals surface area contributed by atoms with E-state index in [9.17, 15) is 4.79 Å². The third kappa shape index (κ3) is 5.85. The fourth-order valence-electron chi connectivity index (χ4n) is 4.69. The molecule has 1 amide bonds. The Kier molecular flexibility index (Phi) is 8.14. The van der Waals surface area contributed by atoms with Crippen LogP contribution in [0.2, 0.25) is 0 Å². The predicted molar refractivity (Wildman–Crippen MR) is 157 cm³/mol. The van der Waals surface area contributed by atoms with Gasteiger partial charge in [-0.05, 0) is 67.6 Å². The molecule has 0 saturated carbocycles. The summed E-state index contributed by atoms with van der Waals surface area (Å²) in [6.45, 7) is 4.29. The van der Waals surface area contributed by atoms with Crippen LogP contribution in [-0.2, 0) is 14.3 Å². The summed E-state index contributed by atoms with van der Waals surface area (Å²) in [6.07, 6.45) is 1.77. The van der Waals surface area contributed by atoms with E-state index in [0.29, 0.717) is 13.2 Å². The first-order valence-corrected chi connectivity index (χ1v) is 13.0. The molecule has 204 valence electrons. The molecule has 40 heavy (non-hydrogen) atoms. The van der Waals surface area contributed by atoms with Crippen molar-refractivity contribution < 1.29 is 14.3 Å². The van der Waals surface area contributed by atoms with Crippen LogP contribution in [0.1, 0.15) is 12.6 Å². The molecule has 9 heteroatoms. The number of pyridine rings is 1. The Labute approximate surface area is 232 Å². The van der Waals surface area contributed by atoms with Crippen LogP contribution in [0.3, 0.4) is 0 Å². The van der Waals surface area contributed by atoms with E-state index in [2.05, 4.69) is 20.2 Å². The highest BCUT2D eigenvalue weighted by atomic mass is 16.5. The van der Waals surface area contributed by atoms with Crippen molar-refractivity contribution >= 4 is 34.0 Å². The van der Waals surface area contributed by atoms with Crippen LogP contribution < -0.4 is 16.0 Å². The fraction of sp³-hybridized carbons (Fsp3) is 0.226. The molecule has 0 radical (unpaired) electrons. The van der Waals surface area contributed by atoms with E-state index in [1.54, 1.807) is 20.4 Å². The number of methoxy groups -OCH3 is 2. The number of hydrogen-bond donors (Lipinski definition) is 2. The number of benzene rings is 3. The second kappa shape index (κ2) is 12.1. The van der Waals surface area contributed by atoms with Gasteiger partial charge in [0.25, 0.3) is 0 Å². The molecule has 2 aliphatic rings. The van der Waals surface area contributed by atoms with E-state index >= 15 is 0 Å². The fourth-order valence-corrected chi connectivity index (χ4v) is 4.69. The second-order valence-electron chi connectivity index (χ2n) is 9.48. The summed E-state index contributed by atoms with van der Waals surface area (Å²) in [4.78, 5) is 26.1. The number of aryl methyl sites for hydroxylation is 1. The van der Waals surface area contributed by atoms with Gasteiger partial charge in [-0.2, -0.15) is 0 Å². The molecule has 0 saturated heterocycles. The normalized spacial score (nSPS) is 11.9. The summed E-state index contributed by atoms with van der Waals surface area (Å²) in [7, 11) is 3.32. The van der Waals surface area contributed by atoms with Gasteiger partial charge >= 0.3 is 0 Å². The highest BCUT2D eigenvalue weighted by molar-refractivity contribution is 5.89. The van der Waals surface area contributed by atoms with Crippen LogP contribution in [-0.4, -0.2) is 53.9 Å². The highest BCUT2D eigenvalue weighted by Crippen LogP contribution is 2.31. The van der Waals surface area contributed by atoms with Crippen molar-refractivity contribution in [3.8, 4) is 17.1 Å². The van der Waals surface area contributed by atoms with Crippen LogP contribution in [0.4, 0.5) is 17.1 Å². The molecular formula is C31H32N6O3. The second-order valence-corrected chi connectivity index (χ2v) is 9.48. The van der Waals surface area contributed by atoms with Gasteiger partial charge in [0.2, 0.25) is 5.91 Å². The Hall–Kier alpha value is -4.60. The van der Waals surface area contributed by atoms with Crippen LogP contribution in [0.5, 0.6) is 0 Å². The molecule has 0 fully saturated rings. The van der Waals surface area contributed by atoms with Crippen molar-refractivity contribution in [3.05, 3.63) is 90.0 Å². The molecule has 1 aromatic heterocycles. The third-order valence-electron chi connectivity index (χ3n) is 6.46. The van der Waals surface area contributed by atoms with Crippen LogP contribution in [0.15, 0.2) is 84.0 Å². The Morgan fingerprint density at radius 3 is 2.42 bits per heavy atom. The minimum absolute atomic E-state index is 0.114. The monoisotopic (exact) mass is 536 g/mol. The largest absolute Gasteiger partial charge is 0.382 e. The molecule has 0 atom stereocenters. The molecule has 1 aliphatic carbocycles. The lowest BCUT2D eigenvalue weighted by molar-refractivity contribution is -0.114. The van der Waals surface area contributed by atoms with Gasteiger partial charge in [-0.15, -0.1) is 0 Å².